The number of aliphatic hydroxyl groups is 2. The molecule has 4 rings (SSSR count). The molecule has 0 bridgehead atoms. The summed E-state index contributed by atoms with van der Waals surface area (Å²) in [4.78, 5) is 0. The van der Waals surface area contributed by atoms with Crippen molar-refractivity contribution in [2.24, 2.45) is 11.3 Å². The average molecular weight is 505 g/mol. The monoisotopic (exact) mass is 504 g/mol. The van der Waals surface area contributed by atoms with Crippen LogP contribution in [-0.4, -0.2) is 39.6 Å². The summed E-state index contributed by atoms with van der Waals surface area (Å²) in [5.74, 6) is 1.13. The summed E-state index contributed by atoms with van der Waals surface area (Å²) in [5.41, 5.74) is 3.98. The second-order valence-electron chi connectivity index (χ2n) is 12.4. The highest BCUT2D eigenvalue weighted by Gasteiger charge is 2.27. The van der Waals surface area contributed by atoms with Crippen molar-refractivity contribution in [3.63, 3.8) is 0 Å². The Morgan fingerprint density at radius 1 is 1.08 bits per heavy atom. The lowest BCUT2D eigenvalue weighted by Gasteiger charge is -2.24. The first kappa shape index (κ1) is 27.3. The van der Waals surface area contributed by atoms with Gasteiger partial charge in [-0.15, -0.1) is 0 Å². The van der Waals surface area contributed by atoms with Gasteiger partial charge in [-0.05, 0) is 74.3 Å². The van der Waals surface area contributed by atoms with Gasteiger partial charge in [0.1, 0.15) is 12.4 Å². The van der Waals surface area contributed by atoms with Gasteiger partial charge in [-0.3, -0.25) is 0 Å². The third-order valence-corrected chi connectivity index (χ3v) is 6.86. The average Bonchev–Trinajstić information content (AvgIpc) is 3.08. The molecule has 37 heavy (non-hydrogen) atoms. The fourth-order valence-corrected chi connectivity index (χ4v) is 5.26. The van der Waals surface area contributed by atoms with Crippen molar-refractivity contribution in [2.45, 2.75) is 78.6 Å². The van der Waals surface area contributed by atoms with Crippen LogP contribution in [0.4, 0.5) is 0 Å². The van der Waals surface area contributed by atoms with Gasteiger partial charge in [-0.25, -0.2) is 0 Å². The van der Waals surface area contributed by atoms with Gasteiger partial charge in [0.05, 0.1) is 18.2 Å². The number of aliphatic hydroxyl groups excluding tert-OH is 1. The summed E-state index contributed by atoms with van der Waals surface area (Å²) in [6, 6.07) is 6.26. The zero-order valence-electron chi connectivity index (χ0n) is 23.1. The molecule has 0 fully saturated rings. The molecule has 2 unspecified atom stereocenters. The lowest BCUT2D eigenvalue weighted by atomic mass is 9.85. The Labute approximate surface area is 222 Å². The minimum atomic E-state index is -0.834. The molecule has 2 heterocycles. The normalized spacial score (nSPS) is 18.7. The molecule has 1 aliphatic heterocycles. The van der Waals surface area contributed by atoms with Crippen molar-refractivity contribution in [1.82, 2.24) is 9.88 Å². The van der Waals surface area contributed by atoms with Crippen molar-refractivity contribution in [1.29, 1.82) is 0 Å². The van der Waals surface area contributed by atoms with Crippen LogP contribution in [0.15, 0.2) is 66.4 Å². The standard InChI is InChI=1S/C32H44N2O3/c1-31(2,3)19-28-27-18-26(37-22-25(35)17-23-11-7-6-8-12-23)14-15-29(27)34(30(28)20-32(4,5)36)21-24-13-9-10-16-33-24/h6-11,13-15,18,23,25,33,35-36H,12,16-17,19-22H2,1-5H3. The lowest BCUT2D eigenvalue weighted by molar-refractivity contribution is 0.0787. The molecule has 200 valence electrons. The van der Waals surface area contributed by atoms with Gasteiger partial charge >= 0.3 is 0 Å². The maximum atomic E-state index is 10.9. The minimum absolute atomic E-state index is 0.0770. The summed E-state index contributed by atoms with van der Waals surface area (Å²) >= 11 is 0. The number of dihydropyridines is 1. The molecule has 1 aliphatic carbocycles. The number of allylic oxidation sites excluding steroid dienone is 7. The van der Waals surface area contributed by atoms with Crippen molar-refractivity contribution in [3.8, 4) is 5.75 Å². The Hall–Kier alpha value is -2.76. The van der Waals surface area contributed by atoms with Crippen LogP contribution in [0.3, 0.4) is 0 Å². The SMILES string of the molecule is CC(C)(C)Cc1c(CC(C)(C)O)n(CC2=CC=CCN2)c2ccc(OCC(O)CC3C=CC=CC3)cc12. The highest BCUT2D eigenvalue weighted by molar-refractivity contribution is 5.87. The maximum absolute atomic E-state index is 10.9. The lowest BCUT2D eigenvalue weighted by Crippen LogP contribution is -2.27. The van der Waals surface area contributed by atoms with Gasteiger partial charge in [0, 0.05) is 35.3 Å². The molecule has 5 nitrogen and oxygen atoms in total. The first-order valence-electron chi connectivity index (χ1n) is 13.6. The molecule has 0 radical (unpaired) electrons. The summed E-state index contributed by atoms with van der Waals surface area (Å²) in [7, 11) is 0. The van der Waals surface area contributed by atoms with Gasteiger partial charge < -0.3 is 24.8 Å². The number of fused-ring (bicyclic) bond motifs is 1. The van der Waals surface area contributed by atoms with E-state index in [2.05, 4.69) is 85.3 Å². The topological polar surface area (TPSA) is 66.7 Å². The molecule has 0 amide bonds. The van der Waals surface area contributed by atoms with E-state index in [0.29, 0.717) is 18.8 Å². The van der Waals surface area contributed by atoms with Crippen molar-refractivity contribution in [3.05, 3.63) is 77.7 Å². The third kappa shape index (κ3) is 7.62. The van der Waals surface area contributed by atoms with Gasteiger partial charge in [-0.1, -0.05) is 57.2 Å². The Balaban J connectivity index is 1.67. The number of benzene rings is 1. The van der Waals surface area contributed by atoms with E-state index in [4.69, 9.17) is 4.74 Å². The van der Waals surface area contributed by atoms with Crippen LogP contribution in [0, 0.1) is 11.3 Å². The van der Waals surface area contributed by atoms with Gasteiger partial charge in [-0.2, -0.15) is 0 Å². The summed E-state index contributed by atoms with van der Waals surface area (Å²) in [5, 5.41) is 26.1. The molecular weight excluding hydrogens is 460 g/mol. The number of aromatic nitrogens is 1. The number of hydrogen-bond donors (Lipinski definition) is 3. The van der Waals surface area contributed by atoms with Crippen LogP contribution in [-0.2, 0) is 19.4 Å². The van der Waals surface area contributed by atoms with Crippen molar-refractivity contribution < 1.29 is 14.9 Å². The van der Waals surface area contributed by atoms with Crippen LogP contribution in [0.5, 0.6) is 5.75 Å². The first-order chi connectivity index (χ1) is 17.5. The number of nitrogens with one attached hydrogen (secondary N) is 1. The van der Waals surface area contributed by atoms with Gasteiger partial charge in [0.25, 0.3) is 0 Å². The predicted octanol–water partition coefficient (Wildman–Crippen LogP) is 5.85. The molecule has 0 saturated carbocycles. The van der Waals surface area contributed by atoms with E-state index in [-0.39, 0.29) is 12.0 Å². The summed E-state index contributed by atoms with van der Waals surface area (Å²) < 4.78 is 8.47. The molecule has 1 aromatic carbocycles. The molecule has 0 saturated heterocycles. The molecular formula is C32H44N2O3. The van der Waals surface area contributed by atoms with E-state index in [9.17, 15) is 10.2 Å². The largest absolute Gasteiger partial charge is 0.491 e. The van der Waals surface area contributed by atoms with Crippen LogP contribution < -0.4 is 10.1 Å². The zero-order valence-corrected chi connectivity index (χ0v) is 23.1. The highest BCUT2D eigenvalue weighted by atomic mass is 16.5. The zero-order chi connectivity index (χ0) is 26.6. The predicted molar refractivity (Wildman–Crippen MR) is 153 cm³/mol. The van der Waals surface area contributed by atoms with Crippen LogP contribution in [0.1, 0.15) is 58.7 Å². The molecule has 5 heteroatoms. The molecule has 2 aromatic rings. The van der Waals surface area contributed by atoms with E-state index in [1.165, 1.54) is 11.3 Å². The summed E-state index contributed by atoms with van der Waals surface area (Å²) in [6.07, 6.45) is 17.4. The Morgan fingerprint density at radius 2 is 1.89 bits per heavy atom. The van der Waals surface area contributed by atoms with Gasteiger partial charge in [0.15, 0.2) is 0 Å². The molecule has 2 aliphatic rings. The van der Waals surface area contributed by atoms with E-state index >= 15 is 0 Å². The number of hydrogen-bond acceptors (Lipinski definition) is 4. The Morgan fingerprint density at radius 3 is 2.54 bits per heavy atom. The molecule has 0 spiro atoms. The van der Waals surface area contributed by atoms with E-state index in [1.54, 1.807) is 0 Å². The fourth-order valence-electron chi connectivity index (χ4n) is 5.26. The number of nitrogens with zero attached hydrogens (tertiary/aromatic N) is 1. The smallest absolute Gasteiger partial charge is 0.120 e. The second kappa shape index (κ2) is 11.3. The van der Waals surface area contributed by atoms with Crippen LogP contribution in [0.2, 0.25) is 0 Å². The number of rotatable bonds is 10. The quantitative estimate of drug-likeness (QED) is 0.380. The summed E-state index contributed by atoms with van der Waals surface area (Å²) in [6.45, 7) is 12.3. The third-order valence-electron chi connectivity index (χ3n) is 6.86. The van der Waals surface area contributed by atoms with Crippen LogP contribution >= 0.6 is 0 Å². The second-order valence-corrected chi connectivity index (χ2v) is 12.4. The molecule has 2 atom stereocenters. The molecule has 1 aromatic heterocycles. The minimum Gasteiger partial charge on any atom is -0.491 e. The maximum Gasteiger partial charge on any atom is 0.120 e. The van der Waals surface area contributed by atoms with E-state index in [0.717, 1.165) is 48.3 Å². The van der Waals surface area contributed by atoms with Crippen molar-refractivity contribution in [2.75, 3.05) is 13.2 Å². The van der Waals surface area contributed by atoms with Crippen molar-refractivity contribution >= 4 is 10.9 Å². The highest BCUT2D eigenvalue weighted by Crippen LogP contribution is 2.36. The first-order valence-corrected chi connectivity index (χ1v) is 13.6. The Bertz CT molecular complexity index is 1200. The Kier molecular flexibility index (Phi) is 8.35. The van der Waals surface area contributed by atoms with Gasteiger partial charge in [0.2, 0.25) is 0 Å². The van der Waals surface area contributed by atoms with Crippen LogP contribution in [0.25, 0.3) is 10.9 Å². The fraction of sp³-hybridized carbons (Fsp3) is 0.500. The van der Waals surface area contributed by atoms with E-state index < -0.39 is 11.7 Å². The van der Waals surface area contributed by atoms with E-state index in [1.807, 2.05) is 19.9 Å². The molecule has 3 N–H and O–H groups in total. The number of ether oxygens (including phenoxy) is 1.